The minimum Gasteiger partial charge on any atom is -0.481 e. The number of fused-ring (bicyclic) bond motifs is 1. The summed E-state index contributed by atoms with van der Waals surface area (Å²) in [5.74, 6) is 1.14. The lowest BCUT2D eigenvalue weighted by Crippen LogP contribution is -1.93. The summed E-state index contributed by atoms with van der Waals surface area (Å²) in [5.41, 5.74) is 4.47. The Labute approximate surface area is 150 Å². The van der Waals surface area contributed by atoms with Gasteiger partial charge in [0.2, 0.25) is 11.8 Å². The molecule has 0 N–H and O–H groups in total. The van der Waals surface area contributed by atoms with Crippen molar-refractivity contribution in [3.8, 4) is 34.1 Å². The molecule has 0 aliphatic carbocycles. The van der Waals surface area contributed by atoms with Crippen LogP contribution in [0, 0.1) is 6.33 Å². The highest BCUT2D eigenvalue weighted by molar-refractivity contribution is 5.94. The number of rotatable bonds is 4. The van der Waals surface area contributed by atoms with Crippen molar-refractivity contribution in [1.82, 2.24) is 19.9 Å². The maximum Gasteiger partial charge on any atom is 0.212 e. The lowest BCUT2D eigenvalue weighted by Gasteiger charge is -2.08. The molecule has 4 rings (SSSR count). The topological polar surface area (TPSA) is 70.0 Å². The number of hydrogen-bond acceptors (Lipinski definition) is 6. The summed E-state index contributed by atoms with van der Waals surface area (Å²) < 4.78 is 10.2. The average molecular weight is 343 g/mol. The molecule has 0 atom stereocenters. The Kier molecular flexibility index (Phi) is 4.15. The Hall–Kier alpha value is -3.54. The second-order valence-corrected chi connectivity index (χ2v) is 5.58. The summed E-state index contributed by atoms with van der Waals surface area (Å²) in [5, 5.41) is 0.920. The number of pyridine rings is 2. The van der Waals surface area contributed by atoms with Crippen LogP contribution >= 0.6 is 0 Å². The molecule has 0 aliphatic heterocycles. The van der Waals surface area contributed by atoms with Crippen molar-refractivity contribution in [3.05, 3.63) is 61.2 Å². The quantitative estimate of drug-likeness (QED) is 0.564. The van der Waals surface area contributed by atoms with Crippen LogP contribution in [-0.4, -0.2) is 34.2 Å². The lowest BCUT2D eigenvalue weighted by atomic mass is 10.0. The summed E-state index contributed by atoms with van der Waals surface area (Å²) in [4.78, 5) is 17.1. The van der Waals surface area contributed by atoms with E-state index in [1.807, 2.05) is 36.4 Å². The van der Waals surface area contributed by atoms with Crippen molar-refractivity contribution < 1.29 is 9.47 Å². The molecule has 4 aromatic rings. The van der Waals surface area contributed by atoms with Crippen LogP contribution in [0.5, 0.6) is 11.8 Å². The first-order valence-electron chi connectivity index (χ1n) is 7.97. The fourth-order valence-electron chi connectivity index (χ4n) is 2.72. The number of aromatic nitrogens is 4. The van der Waals surface area contributed by atoms with Crippen LogP contribution in [0.1, 0.15) is 0 Å². The van der Waals surface area contributed by atoms with Gasteiger partial charge in [0.25, 0.3) is 0 Å². The number of methoxy groups -OCH3 is 2. The largest absolute Gasteiger partial charge is 0.481 e. The molecule has 1 aromatic carbocycles. The summed E-state index contributed by atoms with van der Waals surface area (Å²) >= 11 is 0. The number of benzene rings is 1. The lowest BCUT2D eigenvalue weighted by molar-refractivity contribution is 0.398. The summed E-state index contributed by atoms with van der Waals surface area (Å²) in [7, 11) is 3.19. The third-order valence-corrected chi connectivity index (χ3v) is 4.08. The third-order valence-electron chi connectivity index (χ3n) is 4.08. The molecule has 6 nitrogen and oxygen atoms in total. The van der Waals surface area contributed by atoms with Crippen LogP contribution in [0.25, 0.3) is 33.3 Å². The first-order chi connectivity index (χ1) is 12.8. The molecule has 0 amide bonds. The van der Waals surface area contributed by atoms with Gasteiger partial charge in [0.05, 0.1) is 25.4 Å². The first kappa shape index (κ1) is 16.0. The van der Waals surface area contributed by atoms with E-state index in [0.717, 1.165) is 33.3 Å². The van der Waals surface area contributed by atoms with Gasteiger partial charge in [0, 0.05) is 41.0 Å². The zero-order valence-electron chi connectivity index (χ0n) is 14.3. The third kappa shape index (κ3) is 2.93. The van der Waals surface area contributed by atoms with E-state index in [1.54, 1.807) is 32.7 Å². The Morgan fingerprint density at radius 1 is 0.731 bits per heavy atom. The van der Waals surface area contributed by atoms with Crippen LogP contribution in [0.3, 0.4) is 0 Å². The van der Waals surface area contributed by atoms with Gasteiger partial charge >= 0.3 is 0 Å². The number of nitrogens with zero attached hydrogens (tertiary/aromatic N) is 4. The van der Waals surface area contributed by atoms with Crippen LogP contribution in [-0.2, 0) is 0 Å². The molecular formula is C20H15N4O2. The molecule has 0 saturated carbocycles. The summed E-state index contributed by atoms with van der Waals surface area (Å²) in [6.45, 7) is 0. The maximum absolute atomic E-state index is 5.12. The SMILES string of the molecule is COc1ccc(-c2ccc3n[c]nc(-c4ccc(OC)nc4)c3c2)cn1. The van der Waals surface area contributed by atoms with E-state index < -0.39 is 0 Å². The molecule has 127 valence electrons. The van der Waals surface area contributed by atoms with Crippen LogP contribution in [0.2, 0.25) is 0 Å². The molecule has 0 bridgehead atoms. The molecule has 0 fully saturated rings. The molecule has 6 heteroatoms. The van der Waals surface area contributed by atoms with Crippen LogP contribution in [0.15, 0.2) is 54.9 Å². The second kappa shape index (κ2) is 6.76. The molecular weight excluding hydrogens is 328 g/mol. The highest BCUT2D eigenvalue weighted by Gasteiger charge is 2.10. The Bertz CT molecular complexity index is 1050. The minimum absolute atomic E-state index is 0.557. The fourth-order valence-corrected chi connectivity index (χ4v) is 2.72. The molecule has 1 radical (unpaired) electrons. The molecule has 0 spiro atoms. The van der Waals surface area contributed by atoms with E-state index >= 15 is 0 Å². The standard InChI is InChI=1S/C20H15N4O2/c1-25-18-7-4-14(10-21-18)13-3-6-17-16(9-13)20(24-12-23-17)15-5-8-19(26-2)22-11-15/h3-11H,1-2H3. The zero-order chi connectivity index (χ0) is 17.9. The first-order valence-corrected chi connectivity index (χ1v) is 7.97. The Balaban J connectivity index is 1.83. The van der Waals surface area contributed by atoms with Gasteiger partial charge in [0.15, 0.2) is 6.33 Å². The smallest absolute Gasteiger partial charge is 0.212 e. The van der Waals surface area contributed by atoms with Crippen molar-refractivity contribution in [3.63, 3.8) is 0 Å². The van der Waals surface area contributed by atoms with Gasteiger partial charge in [0.1, 0.15) is 0 Å². The monoisotopic (exact) mass is 343 g/mol. The molecule has 26 heavy (non-hydrogen) atoms. The van der Waals surface area contributed by atoms with E-state index in [1.165, 1.54) is 0 Å². The van der Waals surface area contributed by atoms with Crippen molar-refractivity contribution in [2.75, 3.05) is 14.2 Å². The van der Waals surface area contributed by atoms with Crippen LogP contribution in [0.4, 0.5) is 0 Å². The van der Waals surface area contributed by atoms with Gasteiger partial charge in [-0.1, -0.05) is 6.07 Å². The molecule has 3 heterocycles. The van der Waals surface area contributed by atoms with E-state index in [-0.39, 0.29) is 0 Å². The molecule has 0 unspecified atom stereocenters. The zero-order valence-corrected chi connectivity index (χ0v) is 14.3. The minimum atomic E-state index is 0.557. The van der Waals surface area contributed by atoms with E-state index in [0.29, 0.717) is 11.8 Å². The van der Waals surface area contributed by atoms with Gasteiger partial charge < -0.3 is 9.47 Å². The predicted molar refractivity (Wildman–Crippen MR) is 97.9 cm³/mol. The van der Waals surface area contributed by atoms with Gasteiger partial charge in [-0.2, -0.15) is 0 Å². The van der Waals surface area contributed by atoms with E-state index in [2.05, 4.69) is 26.3 Å². The highest BCUT2D eigenvalue weighted by Crippen LogP contribution is 2.30. The van der Waals surface area contributed by atoms with Gasteiger partial charge in [-0.15, -0.1) is 0 Å². The molecule has 0 aliphatic rings. The van der Waals surface area contributed by atoms with Gasteiger partial charge in [-0.3, -0.25) is 0 Å². The molecule has 3 aromatic heterocycles. The van der Waals surface area contributed by atoms with Crippen molar-refractivity contribution in [2.24, 2.45) is 0 Å². The van der Waals surface area contributed by atoms with Crippen molar-refractivity contribution >= 4 is 10.9 Å². The second-order valence-electron chi connectivity index (χ2n) is 5.58. The van der Waals surface area contributed by atoms with Crippen LogP contribution < -0.4 is 9.47 Å². The normalized spacial score (nSPS) is 10.7. The Morgan fingerprint density at radius 3 is 2.00 bits per heavy atom. The predicted octanol–water partition coefficient (Wildman–Crippen LogP) is 3.57. The molecule has 0 saturated heterocycles. The number of hydrogen-bond donors (Lipinski definition) is 0. The van der Waals surface area contributed by atoms with Crippen molar-refractivity contribution in [1.29, 1.82) is 0 Å². The van der Waals surface area contributed by atoms with E-state index in [9.17, 15) is 0 Å². The summed E-state index contributed by atoms with van der Waals surface area (Å²) in [6.07, 6.45) is 6.23. The van der Waals surface area contributed by atoms with E-state index in [4.69, 9.17) is 9.47 Å². The highest BCUT2D eigenvalue weighted by atomic mass is 16.5. The average Bonchev–Trinajstić information content (AvgIpc) is 2.73. The van der Waals surface area contributed by atoms with Gasteiger partial charge in [-0.05, 0) is 29.8 Å². The number of ether oxygens (including phenoxy) is 2. The van der Waals surface area contributed by atoms with Gasteiger partial charge in [-0.25, -0.2) is 19.9 Å². The fraction of sp³-hybridized carbons (Fsp3) is 0.100. The maximum atomic E-state index is 5.12. The van der Waals surface area contributed by atoms with Crippen molar-refractivity contribution in [2.45, 2.75) is 0 Å². The summed E-state index contributed by atoms with van der Waals surface area (Å²) in [6, 6.07) is 13.5. The Morgan fingerprint density at radius 2 is 1.38 bits per heavy atom.